The Balaban J connectivity index is -0.000000129. The van der Waals surface area contributed by atoms with Crippen molar-refractivity contribution in [2.24, 2.45) is 0 Å². The predicted molar refractivity (Wildman–Crippen MR) is 95.5 cm³/mol. The van der Waals surface area contributed by atoms with Gasteiger partial charge in [-0.3, -0.25) is 0 Å². The van der Waals surface area contributed by atoms with Crippen molar-refractivity contribution in [2.75, 3.05) is 0 Å². The molecule has 0 unspecified atom stereocenters. The number of aliphatic hydroxyl groups is 1. The molecule has 1 heterocycles. The van der Waals surface area contributed by atoms with Crippen LogP contribution in [0.5, 0.6) is 0 Å². The molecule has 5 heteroatoms. The SMILES string of the molecule is CC(C)(C)O.CC(C)(C)[S-].Cc1ccc[n+](C(C)(C)C)c1.[Y].[Y]. The fourth-order valence-electron chi connectivity index (χ4n) is 1.01. The Morgan fingerprint density at radius 2 is 1.22 bits per heavy atom. The van der Waals surface area contributed by atoms with Gasteiger partial charge in [-0.15, -0.1) is 0 Å². The van der Waals surface area contributed by atoms with Gasteiger partial charge in [0.05, 0.1) is 5.60 Å². The summed E-state index contributed by atoms with van der Waals surface area (Å²) in [7, 11) is 0. The third kappa shape index (κ3) is 35.6. The van der Waals surface area contributed by atoms with E-state index in [1.807, 2.05) is 20.8 Å². The van der Waals surface area contributed by atoms with Gasteiger partial charge in [-0.1, -0.05) is 20.8 Å². The summed E-state index contributed by atoms with van der Waals surface area (Å²) in [5, 5.41) is 8.52. The molecule has 1 aromatic rings. The first-order chi connectivity index (χ1) is 9.00. The maximum atomic E-state index is 8.52. The summed E-state index contributed by atoms with van der Waals surface area (Å²) in [6.07, 6.45) is 4.27. The zero-order chi connectivity index (χ0) is 17.5. The van der Waals surface area contributed by atoms with E-state index in [1.54, 1.807) is 20.8 Å². The largest absolute Gasteiger partial charge is 0.787 e. The molecule has 23 heavy (non-hydrogen) atoms. The minimum Gasteiger partial charge on any atom is -0.787 e. The number of aryl methyl sites for hydroxylation is 1. The van der Waals surface area contributed by atoms with Gasteiger partial charge in [0.15, 0.2) is 17.9 Å². The first-order valence-electron chi connectivity index (χ1n) is 7.41. The zero-order valence-electron chi connectivity index (χ0n) is 16.8. The van der Waals surface area contributed by atoms with Crippen molar-refractivity contribution in [2.45, 2.75) is 85.1 Å². The maximum Gasteiger partial charge on any atom is 0.172 e. The molecule has 0 aliphatic rings. The Labute approximate surface area is 200 Å². The van der Waals surface area contributed by atoms with Crippen LogP contribution in [0.1, 0.15) is 67.9 Å². The summed E-state index contributed by atoms with van der Waals surface area (Å²) in [4.78, 5) is 0. The van der Waals surface area contributed by atoms with Gasteiger partial charge < -0.3 is 17.7 Å². The molecule has 0 aromatic carbocycles. The number of hydrogen-bond acceptors (Lipinski definition) is 2. The van der Waals surface area contributed by atoms with Gasteiger partial charge in [0, 0.05) is 97.8 Å². The Hall–Kier alpha value is 1.67. The second-order valence-corrected chi connectivity index (χ2v) is 9.47. The predicted octanol–water partition coefficient (Wildman–Crippen LogP) is 4.14. The summed E-state index contributed by atoms with van der Waals surface area (Å²) in [6.45, 7) is 20.0. The summed E-state index contributed by atoms with van der Waals surface area (Å²) in [6, 6.07) is 4.20. The first kappa shape index (κ1) is 32.3. The van der Waals surface area contributed by atoms with E-state index in [4.69, 9.17) is 17.7 Å². The molecule has 1 aromatic heterocycles. The van der Waals surface area contributed by atoms with Crippen LogP contribution in [-0.2, 0) is 83.6 Å². The average Bonchev–Trinajstić information content (AvgIpc) is 2.10. The smallest absolute Gasteiger partial charge is 0.172 e. The van der Waals surface area contributed by atoms with E-state index in [2.05, 4.69) is 56.8 Å². The van der Waals surface area contributed by atoms with Crippen molar-refractivity contribution < 1.29 is 75.1 Å². The normalized spacial score (nSPS) is 10.8. The van der Waals surface area contributed by atoms with Gasteiger partial charge in [-0.2, -0.15) is 4.75 Å². The molecule has 0 aliphatic carbocycles. The Bertz CT molecular complexity index is 381. The summed E-state index contributed by atoms with van der Waals surface area (Å²) in [5.74, 6) is 0. The van der Waals surface area contributed by atoms with Gasteiger partial charge in [0.25, 0.3) is 0 Å². The van der Waals surface area contributed by atoms with Crippen molar-refractivity contribution in [3.63, 3.8) is 0 Å². The fraction of sp³-hybridized carbons (Fsp3) is 0.722. The average molecular weight is 491 g/mol. The molecular formula is C18H35NOSY2. The van der Waals surface area contributed by atoms with E-state index in [9.17, 15) is 0 Å². The quantitative estimate of drug-likeness (QED) is 0.436. The molecule has 2 nitrogen and oxygen atoms in total. The van der Waals surface area contributed by atoms with Crippen molar-refractivity contribution in [1.29, 1.82) is 0 Å². The van der Waals surface area contributed by atoms with Crippen LogP contribution in [0.15, 0.2) is 24.5 Å². The molecule has 1 rings (SSSR count). The second-order valence-electron chi connectivity index (χ2n) is 8.24. The minimum absolute atomic E-state index is 0. The molecule has 0 atom stereocenters. The van der Waals surface area contributed by atoms with Crippen molar-refractivity contribution in [1.82, 2.24) is 0 Å². The van der Waals surface area contributed by atoms with Gasteiger partial charge in [-0.05, 0) is 33.8 Å². The van der Waals surface area contributed by atoms with Crippen LogP contribution in [0, 0.1) is 6.92 Å². The molecule has 0 saturated heterocycles. The topological polar surface area (TPSA) is 24.1 Å². The number of pyridine rings is 1. The van der Waals surface area contributed by atoms with Crippen LogP contribution in [0.25, 0.3) is 0 Å². The number of rotatable bonds is 0. The van der Waals surface area contributed by atoms with Gasteiger partial charge >= 0.3 is 0 Å². The molecule has 0 saturated carbocycles. The third-order valence-electron chi connectivity index (χ3n) is 1.72. The summed E-state index contributed by atoms with van der Waals surface area (Å²) >= 11 is 4.83. The van der Waals surface area contributed by atoms with E-state index in [0.29, 0.717) is 0 Å². The first-order valence-corrected chi connectivity index (χ1v) is 7.82. The van der Waals surface area contributed by atoms with Crippen LogP contribution in [0.3, 0.4) is 0 Å². The molecule has 1 N–H and O–H groups in total. The Kier molecular flexibility index (Phi) is 19.4. The monoisotopic (exact) mass is 491 g/mol. The van der Waals surface area contributed by atoms with Crippen molar-refractivity contribution in [3.05, 3.63) is 30.1 Å². The molecule has 0 spiro atoms. The van der Waals surface area contributed by atoms with Gasteiger partial charge in [0.2, 0.25) is 0 Å². The molecule has 0 amide bonds. The number of hydrogen-bond donors (Lipinski definition) is 1. The Morgan fingerprint density at radius 1 is 0.913 bits per heavy atom. The number of aromatic nitrogens is 1. The third-order valence-corrected chi connectivity index (χ3v) is 1.72. The molecular weight excluding hydrogens is 456 g/mol. The van der Waals surface area contributed by atoms with Crippen molar-refractivity contribution in [3.8, 4) is 0 Å². The van der Waals surface area contributed by atoms with Crippen LogP contribution in [0.4, 0.5) is 0 Å². The van der Waals surface area contributed by atoms with Crippen LogP contribution in [-0.4, -0.2) is 15.5 Å². The Morgan fingerprint density at radius 3 is 1.39 bits per heavy atom. The van der Waals surface area contributed by atoms with Crippen LogP contribution < -0.4 is 4.57 Å². The zero-order valence-corrected chi connectivity index (χ0v) is 23.3. The van der Waals surface area contributed by atoms with Crippen LogP contribution in [0.2, 0.25) is 0 Å². The van der Waals surface area contributed by atoms with E-state index in [1.165, 1.54) is 5.56 Å². The summed E-state index contributed by atoms with van der Waals surface area (Å²) < 4.78 is 2.31. The van der Waals surface area contributed by atoms with Crippen molar-refractivity contribution >= 4 is 12.6 Å². The molecule has 0 bridgehead atoms. The van der Waals surface area contributed by atoms with Crippen LogP contribution >= 0.6 is 0 Å². The van der Waals surface area contributed by atoms with E-state index < -0.39 is 5.60 Å². The molecule has 130 valence electrons. The molecule has 0 fully saturated rings. The van der Waals surface area contributed by atoms with Gasteiger partial charge in [0.1, 0.15) is 0 Å². The molecule has 2 radical (unpaired) electrons. The summed E-state index contributed by atoms with van der Waals surface area (Å²) in [5.41, 5.74) is 1.01. The minimum atomic E-state index is -0.500. The standard InChI is InChI=1S/C10H16N.C4H10O.C4H10S.2Y/c1-9-6-5-7-11(8-9)10(2,3)4;2*1-4(2,3)5;;/h5-8H,1-4H3;2*5H,1-3H3;;/q+1;;;;/p-1. The second kappa shape index (κ2) is 13.8. The van der Waals surface area contributed by atoms with E-state index in [0.717, 1.165) is 0 Å². The van der Waals surface area contributed by atoms with Gasteiger partial charge in [-0.25, -0.2) is 4.57 Å². The fourth-order valence-corrected chi connectivity index (χ4v) is 1.01. The maximum absolute atomic E-state index is 8.52. The van der Waals surface area contributed by atoms with E-state index >= 15 is 0 Å². The molecule has 0 aliphatic heterocycles. The number of nitrogens with zero attached hydrogens (tertiary/aromatic N) is 1. The van der Waals surface area contributed by atoms with E-state index in [-0.39, 0.29) is 75.7 Å².